The zero-order valence-corrected chi connectivity index (χ0v) is 13.3. The fraction of sp³-hybridized carbons (Fsp3) is 0.500. The molecule has 0 radical (unpaired) electrons. The van der Waals surface area contributed by atoms with Crippen LogP contribution in [0.25, 0.3) is 0 Å². The number of carbonyl (C=O) groups excluding carboxylic acids is 1. The molecule has 0 spiro atoms. The van der Waals surface area contributed by atoms with Crippen LogP contribution in [-0.2, 0) is 10.5 Å². The van der Waals surface area contributed by atoms with Crippen LogP contribution < -0.4 is 11.1 Å². The van der Waals surface area contributed by atoms with Crippen molar-refractivity contribution in [2.75, 3.05) is 12.3 Å². The highest BCUT2D eigenvalue weighted by Gasteiger charge is 2.02. The lowest BCUT2D eigenvalue weighted by Gasteiger charge is -2.06. The van der Waals surface area contributed by atoms with Gasteiger partial charge >= 0.3 is 0 Å². The molecule has 110 valence electrons. The molecule has 1 aromatic heterocycles. The molecule has 0 saturated heterocycles. The van der Waals surface area contributed by atoms with Gasteiger partial charge in [0.2, 0.25) is 5.91 Å². The minimum atomic E-state index is 0. The Balaban J connectivity index is 0. The first-order valence-corrected chi connectivity index (χ1v) is 6.84. The number of nitrogens with two attached hydrogens (primary N) is 1. The van der Waals surface area contributed by atoms with Crippen molar-refractivity contribution in [3.63, 3.8) is 0 Å². The maximum atomic E-state index is 11.4. The number of thioether (sulfide) groups is 1. The quantitative estimate of drug-likeness (QED) is 0.804. The van der Waals surface area contributed by atoms with Gasteiger partial charge in [0, 0.05) is 24.5 Å². The first kappa shape index (κ1) is 20.8. The van der Waals surface area contributed by atoms with Crippen LogP contribution >= 0.6 is 36.6 Å². The molecule has 0 aliphatic rings. The van der Waals surface area contributed by atoms with Crippen molar-refractivity contribution in [3.05, 3.63) is 30.1 Å². The Kier molecular flexibility index (Phi) is 13.7. The van der Waals surface area contributed by atoms with E-state index >= 15 is 0 Å². The van der Waals surface area contributed by atoms with E-state index in [-0.39, 0.29) is 36.8 Å². The Labute approximate surface area is 131 Å². The molecule has 1 rings (SSSR count). The van der Waals surface area contributed by atoms with Crippen molar-refractivity contribution in [1.29, 1.82) is 0 Å². The largest absolute Gasteiger partial charge is 0.355 e. The molecule has 7 heteroatoms. The number of hydrogen-bond donors (Lipinski definition) is 2. The van der Waals surface area contributed by atoms with E-state index in [1.165, 1.54) is 0 Å². The minimum Gasteiger partial charge on any atom is -0.355 e. The zero-order valence-electron chi connectivity index (χ0n) is 10.9. The molecule has 0 aliphatic heterocycles. The fourth-order valence-electron chi connectivity index (χ4n) is 1.22. The van der Waals surface area contributed by atoms with Crippen LogP contribution in [-0.4, -0.2) is 29.2 Å². The summed E-state index contributed by atoms with van der Waals surface area (Å²) in [5.74, 6) is 1.29. The third-order valence-corrected chi connectivity index (χ3v) is 3.10. The number of aromatic nitrogens is 1. The monoisotopic (exact) mass is 325 g/mol. The molecule has 3 N–H and O–H groups in total. The summed E-state index contributed by atoms with van der Waals surface area (Å²) in [6.07, 6.45) is 2.58. The Morgan fingerprint density at radius 3 is 2.79 bits per heavy atom. The van der Waals surface area contributed by atoms with Crippen LogP contribution in [0.4, 0.5) is 0 Å². The maximum Gasteiger partial charge on any atom is 0.230 e. The second kappa shape index (κ2) is 12.5. The van der Waals surface area contributed by atoms with Crippen molar-refractivity contribution in [1.82, 2.24) is 10.3 Å². The van der Waals surface area contributed by atoms with E-state index in [0.29, 0.717) is 12.3 Å². The summed E-state index contributed by atoms with van der Waals surface area (Å²) in [6, 6.07) is 5.93. The molecule has 1 unspecified atom stereocenters. The Hall–Kier alpha value is -0.490. The van der Waals surface area contributed by atoms with Crippen LogP contribution in [0, 0.1) is 0 Å². The van der Waals surface area contributed by atoms with E-state index in [9.17, 15) is 4.79 Å². The minimum absolute atomic E-state index is 0. The molecule has 1 heterocycles. The van der Waals surface area contributed by atoms with E-state index in [1.54, 1.807) is 18.0 Å². The maximum absolute atomic E-state index is 11.4. The van der Waals surface area contributed by atoms with E-state index in [2.05, 4.69) is 10.3 Å². The van der Waals surface area contributed by atoms with Crippen molar-refractivity contribution < 1.29 is 4.79 Å². The first-order valence-electron chi connectivity index (χ1n) is 5.68. The second-order valence-corrected chi connectivity index (χ2v) is 4.92. The molecule has 19 heavy (non-hydrogen) atoms. The third kappa shape index (κ3) is 11.1. The van der Waals surface area contributed by atoms with Crippen LogP contribution in [0.15, 0.2) is 24.4 Å². The van der Waals surface area contributed by atoms with Gasteiger partial charge in [0.25, 0.3) is 0 Å². The highest BCUT2D eigenvalue weighted by atomic mass is 35.5. The lowest BCUT2D eigenvalue weighted by molar-refractivity contribution is -0.118. The topological polar surface area (TPSA) is 68.0 Å². The summed E-state index contributed by atoms with van der Waals surface area (Å²) in [5.41, 5.74) is 6.59. The normalized spacial score (nSPS) is 10.8. The number of hydrogen-bond acceptors (Lipinski definition) is 4. The summed E-state index contributed by atoms with van der Waals surface area (Å²) in [4.78, 5) is 15.6. The average Bonchev–Trinajstić information content (AvgIpc) is 2.30. The number of carbonyl (C=O) groups is 1. The zero-order chi connectivity index (χ0) is 12.5. The van der Waals surface area contributed by atoms with Crippen LogP contribution in [0.2, 0.25) is 0 Å². The second-order valence-electron chi connectivity index (χ2n) is 3.93. The number of halogens is 2. The van der Waals surface area contributed by atoms with Gasteiger partial charge in [-0.2, -0.15) is 0 Å². The smallest absolute Gasteiger partial charge is 0.230 e. The molecule has 1 atom stereocenters. The van der Waals surface area contributed by atoms with Crippen LogP contribution in [0.1, 0.15) is 19.0 Å². The summed E-state index contributed by atoms with van der Waals surface area (Å²) in [7, 11) is 0. The molecule has 1 aromatic rings. The number of pyridine rings is 1. The number of rotatable bonds is 7. The number of nitrogens with one attached hydrogen (secondary N) is 1. The highest BCUT2D eigenvalue weighted by Crippen LogP contribution is 2.08. The Bertz CT molecular complexity index is 339. The van der Waals surface area contributed by atoms with Crippen molar-refractivity contribution in [3.8, 4) is 0 Å². The number of nitrogens with zero attached hydrogens (tertiary/aromatic N) is 1. The van der Waals surface area contributed by atoms with Crippen molar-refractivity contribution >= 4 is 42.5 Å². The van der Waals surface area contributed by atoms with Gasteiger partial charge in [-0.1, -0.05) is 6.07 Å². The lowest BCUT2D eigenvalue weighted by atomic mass is 10.2. The molecule has 0 aromatic carbocycles. The van der Waals surface area contributed by atoms with E-state index < -0.39 is 0 Å². The van der Waals surface area contributed by atoms with E-state index in [4.69, 9.17) is 5.73 Å². The predicted octanol–water partition coefficient (Wildman–Crippen LogP) is 2.01. The summed E-state index contributed by atoms with van der Waals surface area (Å²) in [5, 5.41) is 2.84. The lowest BCUT2D eigenvalue weighted by Crippen LogP contribution is -2.30. The van der Waals surface area contributed by atoms with Gasteiger partial charge < -0.3 is 11.1 Å². The van der Waals surface area contributed by atoms with Gasteiger partial charge in [-0.3, -0.25) is 9.78 Å². The Morgan fingerprint density at radius 1 is 1.47 bits per heavy atom. The molecule has 0 aliphatic carbocycles. The molecular formula is C12H21Cl2N3OS. The van der Waals surface area contributed by atoms with Crippen molar-refractivity contribution in [2.45, 2.75) is 25.1 Å². The SMILES string of the molecule is CC(N)CCNC(=O)CSCc1ccccn1.Cl.Cl. The van der Waals surface area contributed by atoms with Gasteiger partial charge in [0.15, 0.2) is 0 Å². The summed E-state index contributed by atoms with van der Waals surface area (Å²) < 4.78 is 0. The standard InChI is InChI=1S/C12H19N3OS.2ClH/c1-10(13)5-7-15-12(16)9-17-8-11-4-2-3-6-14-11;;/h2-4,6,10H,5,7-9,13H2,1H3,(H,15,16);2*1H. The molecule has 0 saturated carbocycles. The molecule has 4 nitrogen and oxygen atoms in total. The molecule has 0 bridgehead atoms. The van der Waals surface area contributed by atoms with E-state index in [0.717, 1.165) is 17.9 Å². The van der Waals surface area contributed by atoms with Crippen LogP contribution in [0.5, 0.6) is 0 Å². The fourth-order valence-corrected chi connectivity index (χ4v) is 1.99. The highest BCUT2D eigenvalue weighted by molar-refractivity contribution is 7.99. The molecular weight excluding hydrogens is 305 g/mol. The summed E-state index contributed by atoms with van der Waals surface area (Å²) in [6.45, 7) is 2.59. The van der Waals surface area contributed by atoms with Gasteiger partial charge in [0.1, 0.15) is 0 Å². The molecule has 1 amide bonds. The van der Waals surface area contributed by atoms with Gasteiger partial charge in [0.05, 0.1) is 11.4 Å². The molecule has 0 fully saturated rings. The van der Waals surface area contributed by atoms with Gasteiger partial charge in [-0.05, 0) is 25.5 Å². The summed E-state index contributed by atoms with van der Waals surface area (Å²) >= 11 is 1.57. The van der Waals surface area contributed by atoms with Crippen LogP contribution in [0.3, 0.4) is 0 Å². The van der Waals surface area contributed by atoms with Gasteiger partial charge in [-0.25, -0.2) is 0 Å². The van der Waals surface area contributed by atoms with Gasteiger partial charge in [-0.15, -0.1) is 36.6 Å². The first-order chi connectivity index (χ1) is 8.18. The predicted molar refractivity (Wildman–Crippen MR) is 86.2 cm³/mol. The third-order valence-electron chi connectivity index (χ3n) is 2.13. The van der Waals surface area contributed by atoms with E-state index in [1.807, 2.05) is 25.1 Å². The van der Waals surface area contributed by atoms with Crippen molar-refractivity contribution in [2.24, 2.45) is 5.73 Å². The average molecular weight is 326 g/mol. The number of amides is 1. The Morgan fingerprint density at radius 2 is 2.21 bits per heavy atom.